The van der Waals surface area contributed by atoms with E-state index in [1.807, 2.05) is 44.2 Å². The molecule has 0 bridgehead atoms. The van der Waals surface area contributed by atoms with E-state index in [-0.39, 0.29) is 18.1 Å². The molecule has 0 spiro atoms. The predicted molar refractivity (Wildman–Crippen MR) is 90.0 cm³/mol. The molecule has 1 aliphatic carbocycles. The van der Waals surface area contributed by atoms with Gasteiger partial charge in [0.2, 0.25) is 0 Å². The van der Waals surface area contributed by atoms with Crippen LogP contribution in [0.4, 0.5) is 0 Å². The van der Waals surface area contributed by atoms with Crippen molar-refractivity contribution in [1.29, 1.82) is 0 Å². The molecule has 1 aromatic carbocycles. The molecular weight excluding hydrogens is 306 g/mol. The first kappa shape index (κ1) is 16.5. The maximum Gasteiger partial charge on any atom is 0.255 e. The fourth-order valence-electron chi connectivity index (χ4n) is 3.05. The van der Waals surface area contributed by atoms with Crippen molar-refractivity contribution in [3.05, 3.63) is 47.8 Å². The smallest absolute Gasteiger partial charge is 0.255 e. The monoisotopic (exact) mass is 329 g/mol. The zero-order chi connectivity index (χ0) is 17.1. The van der Waals surface area contributed by atoms with Crippen LogP contribution in [0.25, 0.3) is 0 Å². The molecule has 24 heavy (non-hydrogen) atoms. The summed E-state index contributed by atoms with van der Waals surface area (Å²) in [6, 6.07) is 9.12. The standard InChI is InChI=1S/C18H23N3O3/c1-3-21-11-14(12(2)20-21)18(23)19-15-9-10-16(17(15)22)24-13-7-5-4-6-8-13/h4-8,11,15-17,22H,3,9-10H2,1-2H3,(H,19,23)/t15-,16-,17-/m1/s1. The van der Waals surface area contributed by atoms with E-state index in [0.29, 0.717) is 30.6 Å². The molecular formula is C18H23N3O3. The number of amides is 1. The van der Waals surface area contributed by atoms with Gasteiger partial charge in [0.1, 0.15) is 18.0 Å². The molecule has 1 heterocycles. The molecule has 1 fully saturated rings. The largest absolute Gasteiger partial charge is 0.488 e. The highest BCUT2D eigenvalue weighted by molar-refractivity contribution is 5.95. The zero-order valence-corrected chi connectivity index (χ0v) is 14.0. The van der Waals surface area contributed by atoms with Crippen molar-refractivity contribution in [3.63, 3.8) is 0 Å². The van der Waals surface area contributed by atoms with Crippen molar-refractivity contribution >= 4 is 5.91 Å². The van der Waals surface area contributed by atoms with Gasteiger partial charge in [-0.3, -0.25) is 9.48 Å². The van der Waals surface area contributed by atoms with Crippen LogP contribution in [0.2, 0.25) is 0 Å². The molecule has 0 radical (unpaired) electrons. The third-order valence-electron chi connectivity index (χ3n) is 4.42. The molecule has 0 unspecified atom stereocenters. The number of carbonyl (C=O) groups excluding carboxylic acids is 1. The number of aliphatic hydroxyl groups is 1. The minimum atomic E-state index is -0.726. The summed E-state index contributed by atoms with van der Waals surface area (Å²) in [6.45, 7) is 4.50. The molecule has 1 aliphatic rings. The second-order valence-corrected chi connectivity index (χ2v) is 6.10. The van der Waals surface area contributed by atoms with Crippen molar-refractivity contribution in [2.45, 2.75) is 51.5 Å². The van der Waals surface area contributed by atoms with Crippen LogP contribution in [0, 0.1) is 6.92 Å². The molecule has 0 saturated heterocycles. The number of aromatic nitrogens is 2. The summed E-state index contributed by atoms with van der Waals surface area (Å²) < 4.78 is 7.57. The molecule has 1 saturated carbocycles. The van der Waals surface area contributed by atoms with E-state index >= 15 is 0 Å². The average molecular weight is 329 g/mol. The molecule has 3 rings (SSSR count). The lowest BCUT2D eigenvalue weighted by Crippen LogP contribution is -2.44. The van der Waals surface area contributed by atoms with E-state index in [2.05, 4.69) is 10.4 Å². The number of carbonyl (C=O) groups is 1. The molecule has 3 atom stereocenters. The number of nitrogens with zero attached hydrogens (tertiary/aromatic N) is 2. The van der Waals surface area contributed by atoms with E-state index in [1.165, 1.54) is 0 Å². The third kappa shape index (κ3) is 3.43. The third-order valence-corrected chi connectivity index (χ3v) is 4.42. The second kappa shape index (κ2) is 7.05. The van der Waals surface area contributed by atoms with E-state index < -0.39 is 6.10 Å². The Kier molecular flexibility index (Phi) is 4.85. The highest BCUT2D eigenvalue weighted by Crippen LogP contribution is 2.25. The number of ether oxygens (including phenoxy) is 1. The number of rotatable bonds is 5. The summed E-state index contributed by atoms with van der Waals surface area (Å²) in [7, 11) is 0. The number of hydrogen-bond donors (Lipinski definition) is 2. The first-order valence-corrected chi connectivity index (χ1v) is 8.33. The summed E-state index contributed by atoms with van der Waals surface area (Å²) in [5.41, 5.74) is 1.25. The Labute approximate surface area is 141 Å². The van der Waals surface area contributed by atoms with Crippen LogP contribution >= 0.6 is 0 Å². The lowest BCUT2D eigenvalue weighted by molar-refractivity contribution is 0.0434. The van der Waals surface area contributed by atoms with Crippen molar-refractivity contribution in [1.82, 2.24) is 15.1 Å². The lowest BCUT2D eigenvalue weighted by atomic mass is 10.1. The molecule has 1 aromatic heterocycles. The number of para-hydroxylation sites is 1. The topological polar surface area (TPSA) is 76.4 Å². The Hall–Kier alpha value is -2.34. The van der Waals surface area contributed by atoms with Gasteiger partial charge in [-0.25, -0.2) is 0 Å². The Morgan fingerprint density at radius 3 is 2.79 bits per heavy atom. The molecule has 2 aromatic rings. The number of benzene rings is 1. The molecule has 128 valence electrons. The second-order valence-electron chi connectivity index (χ2n) is 6.10. The van der Waals surface area contributed by atoms with Gasteiger partial charge in [0.05, 0.1) is 17.3 Å². The fraction of sp³-hybridized carbons (Fsp3) is 0.444. The zero-order valence-electron chi connectivity index (χ0n) is 14.0. The van der Waals surface area contributed by atoms with Gasteiger partial charge in [-0.2, -0.15) is 5.10 Å². The van der Waals surface area contributed by atoms with Crippen LogP contribution in [0.3, 0.4) is 0 Å². The van der Waals surface area contributed by atoms with Crippen molar-refractivity contribution in [2.24, 2.45) is 0 Å². The quantitative estimate of drug-likeness (QED) is 0.878. The number of hydrogen-bond acceptors (Lipinski definition) is 4. The number of nitrogens with one attached hydrogen (secondary N) is 1. The van der Waals surface area contributed by atoms with Gasteiger partial charge in [0.15, 0.2) is 0 Å². The fourth-order valence-corrected chi connectivity index (χ4v) is 3.05. The molecule has 6 nitrogen and oxygen atoms in total. The maximum absolute atomic E-state index is 12.4. The summed E-state index contributed by atoms with van der Waals surface area (Å²) in [5.74, 6) is 0.533. The normalized spacial score (nSPS) is 23.2. The van der Waals surface area contributed by atoms with Crippen LogP contribution in [-0.2, 0) is 6.54 Å². The van der Waals surface area contributed by atoms with Crippen LogP contribution in [0.1, 0.15) is 35.8 Å². The molecule has 1 amide bonds. The Bertz CT molecular complexity index is 699. The minimum absolute atomic E-state index is 0.198. The maximum atomic E-state index is 12.4. The molecule has 0 aliphatic heterocycles. The van der Waals surface area contributed by atoms with Gasteiger partial charge >= 0.3 is 0 Å². The summed E-state index contributed by atoms with van der Waals surface area (Å²) in [5, 5.41) is 17.7. The van der Waals surface area contributed by atoms with E-state index in [1.54, 1.807) is 10.9 Å². The Morgan fingerprint density at radius 1 is 1.38 bits per heavy atom. The van der Waals surface area contributed by atoms with E-state index in [9.17, 15) is 9.90 Å². The number of aliphatic hydroxyl groups excluding tert-OH is 1. The van der Waals surface area contributed by atoms with Gasteiger partial charge in [-0.1, -0.05) is 18.2 Å². The average Bonchev–Trinajstić information content (AvgIpc) is 3.13. The van der Waals surface area contributed by atoms with Crippen LogP contribution in [0.5, 0.6) is 5.75 Å². The molecule has 6 heteroatoms. The first-order valence-electron chi connectivity index (χ1n) is 8.33. The van der Waals surface area contributed by atoms with Crippen LogP contribution < -0.4 is 10.1 Å². The minimum Gasteiger partial charge on any atom is -0.488 e. The SMILES string of the molecule is CCn1cc(C(=O)N[C@@H]2CC[C@@H](Oc3ccccc3)[C@@H]2O)c(C)n1. The van der Waals surface area contributed by atoms with Gasteiger partial charge in [-0.15, -0.1) is 0 Å². The molecule has 2 N–H and O–H groups in total. The van der Waals surface area contributed by atoms with Crippen molar-refractivity contribution in [3.8, 4) is 5.75 Å². The van der Waals surface area contributed by atoms with Crippen LogP contribution in [-0.4, -0.2) is 39.0 Å². The van der Waals surface area contributed by atoms with E-state index in [4.69, 9.17) is 4.74 Å². The Morgan fingerprint density at radius 2 is 2.12 bits per heavy atom. The van der Waals surface area contributed by atoms with Gasteiger partial charge in [0.25, 0.3) is 5.91 Å². The highest BCUT2D eigenvalue weighted by atomic mass is 16.5. The summed E-state index contributed by atoms with van der Waals surface area (Å²) in [6.07, 6.45) is 2.09. The Balaban J connectivity index is 1.62. The summed E-state index contributed by atoms with van der Waals surface area (Å²) >= 11 is 0. The summed E-state index contributed by atoms with van der Waals surface area (Å²) in [4.78, 5) is 12.4. The van der Waals surface area contributed by atoms with Gasteiger partial charge in [0, 0.05) is 12.7 Å². The highest BCUT2D eigenvalue weighted by Gasteiger charge is 2.37. The first-order chi connectivity index (χ1) is 11.6. The van der Waals surface area contributed by atoms with E-state index in [0.717, 1.165) is 5.75 Å². The number of aryl methyl sites for hydroxylation is 2. The lowest BCUT2D eigenvalue weighted by Gasteiger charge is -2.21. The van der Waals surface area contributed by atoms with Crippen molar-refractivity contribution in [2.75, 3.05) is 0 Å². The predicted octanol–water partition coefficient (Wildman–Crippen LogP) is 1.91. The van der Waals surface area contributed by atoms with Gasteiger partial charge in [-0.05, 0) is 38.8 Å². The van der Waals surface area contributed by atoms with Gasteiger partial charge < -0.3 is 15.2 Å². The van der Waals surface area contributed by atoms with Crippen molar-refractivity contribution < 1.29 is 14.6 Å². The van der Waals surface area contributed by atoms with Crippen LogP contribution in [0.15, 0.2) is 36.5 Å².